The lowest BCUT2D eigenvalue weighted by molar-refractivity contribution is -0.903. The van der Waals surface area contributed by atoms with Gasteiger partial charge in [0.15, 0.2) is 0 Å². The first-order valence-corrected chi connectivity index (χ1v) is 5.81. The summed E-state index contributed by atoms with van der Waals surface area (Å²) in [5.41, 5.74) is 3.95. The number of rotatable bonds is 3. The molecule has 94 valence electrons. The zero-order valence-corrected chi connectivity index (χ0v) is 11.2. The van der Waals surface area contributed by atoms with Crippen molar-refractivity contribution < 1.29 is 19.1 Å². The van der Waals surface area contributed by atoms with Crippen molar-refractivity contribution in [3.05, 3.63) is 47.8 Å². The second-order valence-corrected chi connectivity index (χ2v) is 4.06. The van der Waals surface area contributed by atoms with Gasteiger partial charge in [0.25, 0.3) is 0 Å². The molecule has 2 aromatic rings. The van der Waals surface area contributed by atoms with Gasteiger partial charge in [0.2, 0.25) is 11.4 Å². The standard InChI is InChI=1S/C14H18N2O2/c1-11-7-5-9-13(15(11)17-3)14-10-6-8-12(2)16(14)18-4/h5-10H,1-4H3/q+2. The Balaban J connectivity index is 2.69. The maximum absolute atomic E-state index is 5.42. The molecule has 0 spiro atoms. The van der Waals surface area contributed by atoms with E-state index in [0.717, 1.165) is 22.8 Å². The number of aromatic nitrogens is 2. The molecule has 4 nitrogen and oxygen atoms in total. The van der Waals surface area contributed by atoms with Crippen molar-refractivity contribution in [1.29, 1.82) is 0 Å². The monoisotopic (exact) mass is 246 g/mol. The second kappa shape index (κ2) is 5.04. The third kappa shape index (κ3) is 2.01. The van der Waals surface area contributed by atoms with E-state index in [1.54, 1.807) is 23.7 Å². The smallest absolute Gasteiger partial charge is 0.274 e. The number of aryl methyl sites for hydroxylation is 2. The van der Waals surface area contributed by atoms with Gasteiger partial charge in [0.1, 0.15) is 14.2 Å². The minimum absolute atomic E-state index is 0.947. The maximum Gasteiger partial charge on any atom is 0.333 e. The Bertz CT molecular complexity index is 516. The summed E-state index contributed by atoms with van der Waals surface area (Å²) >= 11 is 0. The van der Waals surface area contributed by atoms with Crippen molar-refractivity contribution >= 4 is 0 Å². The van der Waals surface area contributed by atoms with Crippen LogP contribution in [0, 0.1) is 13.8 Å². The van der Waals surface area contributed by atoms with E-state index in [4.69, 9.17) is 9.68 Å². The molecular weight excluding hydrogens is 228 g/mol. The Morgan fingerprint density at radius 2 is 1.11 bits per heavy atom. The molecular formula is C14H18N2O2+2. The lowest BCUT2D eigenvalue weighted by Gasteiger charge is -2.03. The predicted molar refractivity (Wildman–Crippen MR) is 66.8 cm³/mol. The van der Waals surface area contributed by atoms with E-state index in [1.807, 2.05) is 50.2 Å². The molecule has 18 heavy (non-hydrogen) atoms. The molecule has 0 aliphatic carbocycles. The molecule has 0 N–H and O–H groups in total. The summed E-state index contributed by atoms with van der Waals surface area (Å²) in [5.74, 6) is 0. The van der Waals surface area contributed by atoms with Crippen LogP contribution in [0.2, 0.25) is 0 Å². The summed E-state index contributed by atoms with van der Waals surface area (Å²) in [7, 11) is 3.31. The summed E-state index contributed by atoms with van der Waals surface area (Å²) < 4.78 is 3.56. The van der Waals surface area contributed by atoms with Crippen molar-refractivity contribution in [3.8, 4) is 11.4 Å². The van der Waals surface area contributed by atoms with Crippen molar-refractivity contribution in [3.63, 3.8) is 0 Å². The van der Waals surface area contributed by atoms with Gasteiger partial charge in [-0.3, -0.25) is 9.68 Å². The average Bonchev–Trinajstić information content (AvgIpc) is 2.38. The zero-order chi connectivity index (χ0) is 13.1. The van der Waals surface area contributed by atoms with E-state index in [1.165, 1.54) is 0 Å². The zero-order valence-electron chi connectivity index (χ0n) is 11.2. The van der Waals surface area contributed by atoms with E-state index in [-0.39, 0.29) is 0 Å². The summed E-state index contributed by atoms with van der Waals surface area (Å²) in [6.45, 7) is 4.00. The highest BCUT2D eigenvalue weighted by molar-refractivity contribution is 5.46. The van der Waals surface area contributed by atoms with E-state index in [0.29, 0.717) is 0 Å². The fourth-order valence-electron chi connectivity index (χ4n) is 2.07. The largest absolute Gasteiger partial charge is 0.333 e. The predicted octanol–water partition coefficient (Wildman–Crippen LogP) is 0.662. The first-order valence-electron chi connectivity index (χ1n) is 5.81. The third-order valence-electron chi connectivity index (χ3n) is 2.89. The van der Waals surface area contributed by atoms with Gasteiger partial charge in [-0.2, -0.15) is 0 Å². The van der Waals surface area contributed by atoms with Gasteiger partial charge in [-0.15, -0.1) is 0 Å². The van der Waals surface area contributed by atoms with Crippen LogP contribution in [-0.4, -0.2) is 14.2 Å². The van der Waals surface area contributed by atoms with Crippen LogP contribution in [0.3, 0.4) is 0 Å². The highest BCUT2D eigenvalue weighted by Crippen LogP contribution is 2.11. The molecule has 4 heteroatoms. The molecule has 2 aromatic heterocycles. The van der Waals surface area contributed by atoms with Gasteiger partial charge in [-0.05, 0) is 12.1 Å². The lowest BCUT2D eigenvalue weighted by Crippen LogP contribution is -2.51. The lowest BCUT2D eigenvalue weighted by atomic mass is 10.2. The van der Waals surface area contributed by atoms with Crippen LogP contribution in [-0.2, 0) is 0 Å². The topological polar surface area (TPSA) is 26.2 Å². The Morgan fingerprint density at radius 1 is 0.722 bits per heavy atom. The molecule has 0 fully saturated rings. The molecule has 2 heterocycles. The normalized spacial score (nSPS) is 10.2. The molecule has 0 atom stereocenters. The van der Waals surface area contributed by atoms with Gasteiger partial charge in [0, 0.05) is 47.6 Å². The highest BCUT2D eigenvalue weighted by Gasteiger charge is 2.28. The van der Waals surface area contributed by atoms with Crippen molar-refractivity contribution in [2.45, 2.75) is 13.8 Å². The van der Waals surface area contributed by atoms with E-state index >= 15 is 0 Å². The first-order chi connectivity index (χ1) is 8.69. The fourth-order valence-corrected chi connectivity index (χ4v) is 2.07. The molecule has 0 unspecified atom stereocenters. The molecule has 0 saturated carbocycles. The quantitative estimate of drug-likeness (QED) is 0.744. The Labute approximate surface area is 107 Å². The van der Waals surface area contributed by atoms with Gasteiger partial charge in [-0.1, -0.05) is 0 Å². The molecule has 0 radical (unpaired) electrons. The Hall–Kier alpha value is -2.10. The van der Waals surface area contributed by atoms with Crippen LogP contribution in [0.5, 0.6) is 0 Å². The second-order valence-electron chi connectivity index (χ2n) is 4.06. The van der Waals surface area contributed by atoms with Crippen molar-refractivity contribution in [2.75, 3.05) is 14.2 Å². The summed E-state index contributed by atoms with van der Waals surface area (Å²) in [6, 6.07) is 12.0. The summed E-state index contributed by atoms with van der Waals surface area (Å²) in [5, 5.41) is 0. The number of hydrogen-bond donors (Lipinski definition) is 0. The minimum Gasteiger partial charge on any atom is -0.274 e. The van der Waals surface area contributed by atoms with Gasteiger partial charge >= 0.3 is 11.4 Å². The van der Waals surface area contributed by atoms with Crippen LogP contribution in [0.15, 0.2) is 36.4 Å². The van der Waals surface area contributed by atoms with Gasteiger partial charge < -0.3 is 0 Å². The number of hydrogen-bond acceptors (Lipinski definition) is 2. The van der Waals surface area contributed by atoms with Crippen LogP contribution < -0.4 is 19.1 Å². The molecule has 0 aliphatic rings. The van der Waals surface area contributed by atoms with E-state index in [2.05, 4.69) is 0 Å². The Morgan fingerprint density at radius 3 is 1.44 bits per heavy atom. The third-order valence-corrected chi connectivity index (χ3v) is 2.89. The van der Waals surface area contributed by atoms with E-state index < -0.39 is 0 Å². The maximum atomic E-state index is 5.42. The van der Waals surface area contributed by atoms with Crippen LogP contribution in [0.25, 0.3) is 11.4 Å². The number of nitrogens with zero attached hydrogens (tertiary/aromatic N) is 2. The molecule has 0 aliphatic heterocycles. The SMILES string of the molecule is CO[n+]1c(C)cccc1-c1cccc(C)[n+]1OC. The minimum atomic E-state index is 0.947. The van der Waals surface area contributed by atoms with E-state index in [9.17, 15) is 0 Å². The number of pyridine rings is 2. The first kappa shape index (κ1) is 12.4. The van der Waals surface area contributed by atoms with Crippen molar-refractivity contribution in [1.82, 2.24) is 0 Å². The summed E-state index contributed by atoms with van der Waals surface area (Å²) in [6.07, 6.45) is 0. The molecule has 0 aromatic carbocycles. The van der Waals surface area contributed by atoms with Gasteiger partial charge in [0.05, 0.1) is 0 Å². The molecule has 0 bridgehead atoms. The average molecular weight is 246 g/mol. The Kier molecular flexibility index (Phi) is 3.46. The summed E-state index contributed by atoms with van der Waals surface area (Å²) in [4.78, 5) is 10.8. The van der Waals surface area contributed by atoms with Crippen LogP contribution >= 0.6 is 0 Å². The highest BCUT2D eigenvalue weighted by atomic mass is 16.7. The fraction of sp³-hybridized carbons (Fsp3) is 0.286. The van der Waals surface area contributed by atoms with Gasteiger partial charge in [-0.25, -0.2) is 0 Å². The van der Waals surface area contributed by atoms with Crippen molar-refractivity contribution in [2.24, 2.45) is 0 Å². The molecule has 0 saturated heterocycles. The molecule has 2 rings (SSSR count). The van der Waals surface area contributed by atoms with Crippen LogP contribution in [0.1, 0.15) is 11.4 Å². The molecule has 0 amide bonds. The van der Waals surface area contributed by atoms with Crippen LogP contribution in [0.4, 0.5) is 0 Å².